The van der Waals surface area contributed by atoms with E-state index in [0.29, 0.717) is 19.0 Å². The number of piperidine rings is 1. The maximum Gasteiger partial charge on any atom is 0.224 e. The first-order valence-electron chi connectivity index (χ1n) is 10.0. The third kappa shape index (κ3) is 5.99. The maximum atomic E-state index is 12.4. The van der Waals surface area contributed by atoms with Crippen LogP contribution in [0.3, 0.4) is 0 Å². The molecular formula is C21H32ClIN4O. The van der Waals surface area contributed by atoms with Crippen molar-refractivity contribution in [1.29, 1.82) is 0 Å². The minimum Gasteiger partial charge on any atom is -0.356 e. The van der Waals surface area contributed by atoms with E-state index in [9.17, 15) is 4.79 Å². The molecule has 5 nitrogen and oxygen atoms in total. The fourth-order valence-electron chi connectivity index (χ4n) is 3.91. The van der Waals surface area contributed by atoms with Crippen LogP contribution in [0.25, 0.3) is 0 Å². The molecule has 0 aromatic heterocycles. The highest BCUT2D eigenvalue weighted by atomic mass is 127. The molecule has 1 aliphatic carbocycles. The zero-order valence-electron chi connectivity index (χ0n) is 16.8. The number of nitrogens with one attached hydrogen (secondary N) is 2. The summed E-state index contributed by atoms with van der Waals surface area (Å²) >= 11 is 6.15. The van der Waals surface area contributed by atoms with Gasteiger partial charge in [-0.1, -0.05) is 23.7 Å². The molecular weight excluding hydrogens is 487 g/mol. The van der Waals surface area contributed by atoms with E-state index in [0.717, 1.165) is 49.8 Å². The molecule has 0 bridgehead atoms. The van der Waals surface area contributed by atoms with E-state index in [2.05, 4.69) is 34.7 Å². The Hall–Kier alpha value is -1.02. The third-order valence-corrected chi connectivity index (χ3v) is 6.10. The van der Waals surface area contributed by atoms with Crippen LogP contribution in [0.5, 0.6) is 0 Å². The van der Waals surface area contributed by atoms with Gasteiger partial charge in [-0.2, -0.15) is 0 Å². The average Bonchev–Trinajstić information content (AvgIpc) is 3.46. The lowest BCUT2D eigenvalue weighted by Crippen LogP contribution is -2.45. The van der Waals surface area contributed by atoms with Crippen molar-refractivity contribution in [1.82, 2.24) is 15.5 Å². The van der Waals surface area contributed by atoms with Crippen LogP contribution in [0.1, 0.15) is 51.0 Å². The van der Waals surface area contributed by atoms with Crippen molar-refractivity contribution in [2.24, 2.45) is 4.99 Å². The summed E-state index contributed by atoms with van der Waals surface area (Å²) in [6.07, 6.45) is 6.29. The molecule has 1 heterocycles. The zero-order chi connectivity index (χ0) is 19.3. The molecule has 1 aromatic carbocycles. The van der Waals surface area contributed by atoms with Crippen molar-refractivity contribution >= 4 is 47.4 Å². The summed E-state index contributed by atoms with van der Waals surface area (Å²) in [7, 11) is 1.77. The summed E-state index contributed by atoms with van der Waals surface area (Å²) < 4.78 is 0. The van der Waals surface area contributed by atoms with Crippen molar-refractivity contribution < 1.29 is 4.79 Å². The van der Waals surface area contributed by atoms with Crippen molar-refractivity contribution in [3.63, 3.8) is 0 Å². The second-order valence-corrected chi connectivity index (χ2v) is 8.26. The second kappa shape index (κ2) is 10.7. The lowest BCUT2D eigenvalue weighted by atomic mass is 9.96. The Morgan fingerprint density at radius 1 is 1.32 bits per heavy atom. The van der Waals surface area contributed by atoms with Crippen LogP contribution >= 0.6 is 35.6 Å². The minimum absolute atomic E-state index is 0. The molecule has 28 heavy (non-hydrogen) atoms. The molecule has 2 aliphatic rings. The molecule has 1 unspecified atom stereocenters. The highest BCUT2D eigenvalue weighted by Gasteiger charge is 2.44. The highest BCUT2D eigenvalue weighted by molar-refractivity contribution is 14.0. The lowest BCUT2D eigenvalue weighted by molar-refractivity contribution is -0.134. The van der Waals surface area contributed by atoms with Gasteiger partial charge < -0.3 is 15.5 Å². The Morgan fingerprint density at radius 2 is 2.11 bits per heavy atom. The average molecular weight is 519 g/mol. The summed E-state index contributed by atoms with van der Waals surface area (Å²) in [5.41, 5.74) is 1.44. The fraction of sp³-hybridized carbons (Fsp3) is 0.619. The van der Waals surface area contributed by atoms with Gasteiger partial charge in [-0.05, 0) is 56.7 Å². The van der Waals surface area contributed by atoms with Crippen molar-refractivity contribution in [2.75, 3.05) is 26.7 Å². The number of carbonyl (C=O) groups excluding carboxylic acids is 1. The summed E-state index contributed by atoms with van der Waals surface area (Å²) in [4.78, 5) is 18.8. The van der Waals surface area contributed by atoms with Gasteiger partial charge in [-0.25, -0.2) is 0 Å². The smallest absolute Gasteiger partial charge is 0.224 e. The quantitative estimate of drug-likeness (QED) is 0.341. The summed E-state index contributed by atoms with van der Waals surface area (Å²) in [6.45, 7) is 4.47. The molecule has 156 valence electrons. The molecule has 0 radical (unpaired) electrons. The van der Waals surface area contributed by atoms with E-state index < -0.39 is 0 Å². The fourth-order valence-corrected chi connectivity index (χ4v) is 4.10. The number of amides is 1. The molecule has 1 saturated heterocycles. The number of carbonyl (C=O) groups is 1. The first-order chi connectivity index (χ1) is 13.0. The molecule has 2 N–H and O–H groups in total. The Morgan fingerprint density at radius 3 is 2.75 bits per heavy atom. The van der Waals surface area contributed by atoms with E-state index in [4.69, 9.17) is 11.6 Å². The zero-order valence-corrected chi connectivity index (χ0v) is 19.9. The van der Waals surface area contributed by atoms with Crippen LogP contribution in [0, 0.1) is 0 Å². The molecule has 1 aliphatic heterocycles. The SMILES string of the molecule is CN=C(NCCC(=O)N1CCCCC1C)NCC1(c2cccc(Cl)c2)CC1.I. The number of halogens is 2. The second-order valence-electron chi connectivity index (χ2n) is 7.83. The molecule has 0 spiro atoms. The number of rotatable bonds is 6. The van der Waals surface area contributed by atoms with E-state index >= 15 is 0 Å². The molecule has 1 amide bonds. The van der Waals surface area contributed by atoms with Gasteiger partial charge in [-0.15, -0.1) is 24.0 Å². The molecule has 2 fully saturated rings. The summed E-state index contributed by atoms with van der Waals surface area (Å²) in [6, 6.07) is 8.50. The van der Waals surface area contributed by atoms with Gasteiger partial charge in [0.2, 0.25) is 5.91 Å². The predicted molar refractivity (Wildman–Crippen MR) is 127 cm³/mol. The molecule has 1 aromatic rings. The first kappa shape index (κ1) is 23.3. The van der Waals surface area contributed by atoms with Crippen LogP contribution < -0.4 is 10.6 Å². The van der Waals surface area contributed by atoms with Gasteiger partial charge >= 0.3 is 0 Å². The Labute approximate surface area is 190 Å². The molecule has 1 atom stereocenters. The van der Waals surface area contributed by atoms with E-state index in [-0.39, 0.29) is 35.3 Å². The monoisotopic (exact) mass is 518 g/mol. The normalized spacial score (nSPS) is 20.9. The van der Waals surface area contributed by atoms with Crippen molar-refractivity contribution in [2.45, 2.75) is 56.9 Å². The summed E-state index contributed by atoms with van der Waals surface area (Å²) in [5, 5.41) is 7.49. The van der Waals surface area contributed by atoms with Crippen LogP contribution in [0.15, 0.2) is 29.3 Å². The van der Waals surface area contributed by atoms with Gasteiger partial charge in [0.1, 0.15) is 0 Å². The van der Waals surface area contributed by atoms with E-state index in [1.54, 1.807) is 7.05 Å². The first-order valence-corrected chi connectivity index (χ1v) is 10.4. The van der Waals surface area contributed by atoms with E-state index in [1.807, 2.05) is 17.0 Å². The number of nitrogens with zero attached hydrogens (tertiary/aromatic N) is 2. The predicted octanol–water partition coefficient (Wildman–Crippen LogP) is 3.95. The van der Waals surface area contributed by atoms with Crippen LogP contribution in [-0.2, 0) is 10.2 Å². The van der Waals surface area contributed by atoms with Crippen LogP contribution in [0.4, 0.5) is 0 Å². The van der Waals surface area contributed by atoms with Gasteiger partial charge in [0.15, 0.2) is 5.96 Å². The van der Waals surface area contributed by atoms with Crippen LogP contribution in [-0.4, -0.2) is 49.5 Å². The van der Waals surface area contributed by atoms with Gasteiger partial charge in [0.05, 0.1) is 0 Å². The maximum absolute atomic E-state index is 12.4. The van der Waals surface area contributed by atoms with Crippen LogP contribution in [0.2, 0.25) is 5.02 Å². The number of aliphatic imine (C=N–C) groups is 1. The number of benzene rings is 1. The van der Waals surface area contributed by atoms with Gasteiger partial charge in [-0.3, -0.25) is 9.79 Å². The third-order valence-electron chi connectivity index (χ3n) is 5.86. The standard InChI is InChI=1S/C21H31ClN4O.HI/c1-16-6-3-4-13-26(16)19(27)9-12-24-20(23-2)25-15-21(10-11-21)17-7-5-8-18(22)14-17;/h5,7-8,14,16H,3-4,6,9-13,15H2,1-2H3,(H2,23,24,25);1H. The van der Waals surface area contributed by atoms with E-state index in [1.165, 1.54) is 12.0 Å². The minimum atomic E-state index is 0. The van der Waals surface area contributed by atoms with Gasteiger partial charge in [0.25, 0.3) is 0 Å². The Kier molecular flexibility index (Phi) is 8.86. The molecule has 7 heteroatoms. The topological polar surface area (TPSA) is 56.7 Å². The Balaban J connectivity index is 0.00000280. The lowest BCUT2D eigenvalue weighted by Gasteiger charge is -2.33. The largest absolute Gasteiger partial charge is 0.356 e. The van der Waals surface area contributed by atoms with Crippen molar-refractivity contribution in [3.8, 4) is 0 Å². The summed E-state index contributed by atoms with van der Waals surface area (Å²) in [5.74, 6) is 0.991. The van der Waals surface area contributed by atoms with Crippen molar-refractivity contribution in [3.05, 3.63) is 34.9 Å². The molecule has 1 saturated carbocycles. The number of likely N-dealkylation sites (tertiary alicyclic amines) is 1. The highest BCUT2D eigenvalue weighted by Crippen LogP contribution is 2.48. The molecule has 3 rings (SSSR count). The van der Waals surface area contributed by atoms with Gasteiger partial charge in [0, 0.05) is 49.6 Å². The number of hydrogen-bond acceptors (Lipinski definition) is 2. The number of guanidine groups is 1. The Bertz CT molecular complexity index is 693. The number of hydrogen-bond donors (Lipinski definition) is 2.